The van der Waals surface area contributed by atoms with Crippen molar-refractivity contribution in [3.05, 3.63) is 24.0 Å². The summed E-state index contributed by atoms with van der Waals surface area (Å²) in [5, 5.41) is 3.42. The Balaban J connectivity index is 1.99. The highest BCUT2D eigenvalue weighted by molar-refractivity contribution is 7.80. The molecule has 0 saturated heterocycles. The normalized spacial score (nSPS) is 17.1. The van der Waals surface area contributed by atoms with Gasteiger partial charge in [0.05, 0.1) is 17.6 Å². The fraction of sp³-hybridized carbons (Fsp3) is 0.455. The van der Waals surface area contributed by atoms with Crippen molar-refractivity contribution in [2.45, 2.75) is 25.8 Å². The Hall–Kier alpha value is -1.16. The molecule has 0 aliphatic heterocycles. The minimum absolute atomic E-state index is 0.344. The number of nitrogens with zero attached hydrogens (tertiary/aromatic N) is 1. The van der Waals surface area contributed by atoms with Gasteiger partial charge in [0.15, 0.2) is 0 Å². The second-order valence-electron chi connectivity index (χ2n) is 4.07. The van der Waals surface area contributed by atoms with Gasteiger partial charge in [0.2, 0.25) is 0 Å². The van der Waals surface area contributed by atoms with E-state index in [0.717, 1.165) is 11.6 Å². The molecule has 1 fully saturated rings. The van der Waals surface area contributed by atoms with Crippen molar-refractivity contribution >= 4 is 22.9 Å². The molecule has 1 saturated carbocycles. The van der Waals surface area contributed by atoms with Gasteiger partial charge in [0.25, 0.3) is 0 Å². The van der Waals surface area contributed by atoms with Crippen molar-refractivity contribution in [3.8, 4) is 0 Å². The molecule has 0 bridgehead atoms. The zero-order chi connectivity index (χ0) is 10.8. The molecule has 1 unspecified atom stereocenters. The van der Waals surface area contributed by atoms with Crippen molar-refractivity contribution in [3.63, 3.8) is 0 Å². The van der Waals surface area contributed by atoms with Crippen molar-refractivity contribution in [1.82, 2.24) is 4.98 Å². The van der Waals surface area contributed by atoms with Crippen molar-refractivity contribution in [2.75, 3.05) is 5.32 Å². The summed E-state index contributed by atoms with van der Waals surface area (Å²) < 4.78 is 0. The van der Waals surface area contributed by atoms with E-state index in [1.165, 1.54) is 12.8 Å². The summed E-state index contributed by atoms with van der Waals surface area (Å²) in [5.74, 6) is 0.834. The lowest BCUT2D eigenvalue weighted by Gasteiger charge is -2.13. The lowest BCUT2D eigenvalue weighted by molar-refractivity contribution is 0.694. The zero-order valence-electron chi connectivity index (χ0n) is 8.73. The number of rotatable bonds is 4. The molecule has 1 aromatic heterocycles. The molecule has 0 radical (unpaired) electrons. The summed E-state index contributed by atoms with van der Waals surface area (Å²) in [4.78, 5) is 4.53. The van der Waals surface area contributed by atoms with E-state index in [2.05, 4.69) is 17.2 Å². The standard InChI is InChI=1S/C11H15N3S/c1-7(8-2-3-8)14-9-4-5-10(11(12)15)13-6-9/h4-8,14H,2-3H2,1H3,(H2,12,15). The van der Waals surface area contributed by atoms with Crippen LogP contribution in [-0.2, 0) is 0 Å². The second-order valence-corrected chi connectivity index (χ2v) is 4.51. The maximum Gasteiger partial charge on any atom is 0.122 e. The first kappa shape index (κ1) is 10.4. The highest BCUT2D eigenvalue weighted by Gasteiger charge is 2.27. The number of aromatic nitrogens is 1. The Morgan fingerprint density at radius 2 is 2.33 bits per heavy atom. The highest BCUT2D eigenvalue weighted by atomic mass is 32.1. The van der Waals surface area contributed by atoms with Crippen molar-refractivity contribution < 1.29 is 0 Å². The van der Waals surface area contributed by atoms with E-state index in [-0.39, 0.29) is 0 Å². The van der Waals surface area contributed by atoms with Gasteiger partial charge >= 0.3 is 0 Å². The summed E-state index contributed by atoms with van der Waals surface area (Å²) in [5.41, 5.74) is 7.18. The van der Waals surface area contributed by atoms with E-state index in [9.17, 15) is 0 Å². The monoisotopic (exact) mass is 221 g/mol. The van der Waals surface area contributed by atoms with Crippen LogP contribution in [0, 0.1) is 5.92 Å². The topological polar surface area (TPSA) is 50.9 Å². The third-order valence-electron chi connectivity index (χ3n) is 2.74. The number of nitrogens with one attached hydrogen (secondary N) is 1. The summed E-state index contributed by atoms with van der Waals surface area (Å²) in [6.45, 7) is 2.21. The first-order valence-electron chi connectivity index (χ1n) is 5.19. The molecule has 0 aromatic carbocycles. The van der Waals surface area contributed by atoms with Gasteiger partial charge in [0, 0.05) is 6.04 Å². The van der Waals surface area contributed by atoms with Crippen LogP contribution in [0.25, 0.3) is 0 Å². The number of pyridine rings is 1. The Bertz CT molecular complexity index is 357. The number of anilines is 1. The van der Waals surface area contributed by atoms with Crippen LogP contribution in [0.15, 0.2) is 18.3 Å². The molecule has 0 amide bonds. The number of hydrogen-bond donors (Lipinski definition) is 2. The third-order valence-corrected chi connectivity index (χ3v) is 2.95. The molecule has 2 rings (SSSR count). The third kappa shape index (κ3) is 2.65. The molecule has 1 atom stereocenters. The predicted molar refractivity (Wildman–Crippen MR) is 65.9 cm³/mol. The maximum atomic E-state index is 5.47. The Kier molecular flexibility index (Phi) is 2.86. The maximum absolute atomic E-state index is 5.47. The molecule has 1 aliphatic carbocycles. The molecule has 0 spiro atoms. The summed E-state index contributed by atoms with van der Waals surface area (Å²) in [7, 11) is 0. The van der Waals surface area contributed by atoms with E-state index < -0.39 is 0 Å². The van der Waals surface area contributed by atoms with Crippen LogP contribution in [0.2, 0.25) is 0 Å². The molecule has 1 aliphatic rings. The average molecular weight is 221 g/mol. The fourth-order valence-electron chi connectivity index (χ4n) is 1.60. The summed E-state index contributed by atoms with van der Waals surface area (Å²) in [6.07, 6.45) is 4.46. The van der Waals surface area contributed by atoms with E-state index in [1.54, 1.807) is 6.20 Å². The molecular weight excluding hydrogens is 206 g/mol. The molecule has 1 heterocycles. The first-order valence-corrected chi connectivity index (χ1v) is 5.60. The molecule has 15 heavy (non-hydrogen) atoms. The van der Waals surface area contributed by atoms with Gasteiger partial charge in [-0.15, -0.1) is 0 Å². The van der Waals surface area contributed by atoms with Crippen LogP contribution in [0.3, 0.4) is 0 Å². The minimum atomic E-state index is 0.344. The molecule has 3 N–H and O–H groups in total. The molecule has 4 heteroatoms. The van der Waals surface area contributed by atoms with Crippen LogP contribution in [0.4, 0.5) is 5.69 Å². The Morgan fingerprint density at radius 3 is 2.80 bits per heavy atom. The smallest absolute Gasteiger partial charge is 0.122 e. The Labute approximate surface area is 95.1 Å². The second kappa shape index (κ2) is 4.14. The summed E-state index contributed by atoms with van der Waals surface area (Å²) >= 11 is 4.84. The highest BCUT2D eigenvalue weighted by Crippen LogP contribution is 2.33. The average Bonchev–Trinajstić information content (AvgIpc) is 3.01. The van der Waals surface area contributed by atoms with Gasteiger partial charge in [-0.1, -0.05) is 12.2 Å². The summed E-state index contributed by atoms with van der Waals surface area (Å²) in [6, 6.07) is 4.35. The number of nitrogens with two attached hydrogens (primary N) is 1. The van der Waals surface area contributed by atoms with Gasteiger partial charge < -0.3 is 11.1 Å². The lowest BCUT2D eigenvalue weighted by Crippen LogP contribution is -2.18. The Morgan fingerprint density at radius 1 is 1.60 bits per heavy atom. The van der Waals surface area contributed by atoms with Gasteiger partial charge in [-0.05, 0) is 37.8 Å². The van der Waals surface area contributed by atoms with Crippen molar-refractivity contribution in [1.29, 1.82) is 0 Å². The fourth-order valence-corrected chi connectivity index (χ4v) is 1.72. The SMILES string of the molecule is CC(Nc1ccc(C(N)=S)nc1)C1CC1. The minimum Gasteiger partial charge on any atom is -0.388 e. The van der Waals surface area contributed by atoms with E-state index in [1.807, 2.05) is 12.1 Å². The van der Waals surface area contributed by atoms with Gasteiger partial charge in [-0.2, -0.15) is 0 Å². The van der Waals surface area contributed by atoms with Gasteiger partial charge in [-0.3, -0.25) is 4.98 Å². The first-order chi connectivity index (χ1) is 7.16. The number of hydrogen-bond acceptors (Lipinski definition) is 3. The van der Waals surface area contributed by atoms with Crippen LogP contribution in [0.5, 0.6) is 0 Å². The molecule has 80 valence electrons. The van der Waals surface area contributed by atoms with E-state index >= 15 is 0 Å². The van der Waals surface area contributed by atoms with Gasteiger partial charge in [0.1, 0.15) is 4.99 Å². The quantitative estimate of drug-likeness (QED) is 0.763. The van der Waals surface area contributed by atoms with Crippen LogP contribution >= 0.6 is 12.2 Å². The van der Waals surface area contributed by atoms with Crippen LogP contribution in [-0.4, -0.2) is 16.0 Å². The zero-order valence-corrected chi connectivity index (χ0v) is 9.55. The van der Waals surface area contributed by atoms with E-state index in [4.69, 9.17) is 18.0 Å². The predicted octanol–water partition coefficient (Wildman–Crippen LogP) is 1.93. The van der Waals surface area contributed by atoms with E-state index in [0.29, 0.717) is 16.7 Å². The molecular formula is C11H15N3S. The van der Waals surface area contributed by atoms with Crippen molar-refractivity contribution in [2.24, 2.45) is 11.7 Å². The van der Waals surface area contributed by atoms with Crippen LogP contribution in [0.1, 0.15) is 25.5 Å². The largest absolute Gasteiger partial charge is 0.388 e. The van der Waals surface area contributed by atoms with Crippen LogP contribution < -0.4 is 11.1 Å². The lowest BCUT2D eigenvalue weighted by atomic mass is 10.2. The molecule has 3 nitrogen and oxygen atoms in total. The van der Waals surface area contributed by atoms with Gasteiger partial charge in [-0.25, -0.2) is 0 Å². The number of thiocarbonyl (C=S) groups is 1. The molecule has 1 aromatic rings.